The summed E-state index contributed by atoms with van der Waals surface area (Å²) in [5.41, 5.74) is 4.61. The Bertz CT molecular complexity index is 1390. The minimum Gasteiger partial charge on any atom is -0.488 e. The topological polar surface area (TPSA) is 59.9 Å². The van der Waals surface area contributed by atoms with E-state index in [1.165, 1.54) is 12.3 Å². The van der Waals surface area contributed by atoms with Gasteiger partial charge in [-0.05, 0) is 42.5 Å². The van der Waals surface area contributed by atoms with Crippen LogP contribution in [0.25, 0.3) is 0 Å². The lowest BCUT2D eigenvalue weighted by molar-refractivity contribution is 0.0950. The summed E-state index contributed by atoms with van der Waals surface area (Å²) >= 11 is 12.2. The van der Waals surface area contributed by atoms with Crippen LogP contribution in [-0.2, 0) is 13.2 Å². The number of benzene rings is 4. The molecule has 0 saturated heterocycles. The Labute approximate surface area is 218 Å². The minimum atomic E-state index is -0.450. The first-order valence-electron chi connectivity index (χ1n) is 11.0. The van der Waals surface area contributed by atoms with Gasteiger partial charge in [-0.25, -0.2) is 9.82 Å². The summed E-state index contributed by atoms with van der Waals surface area (Å²) in [5, 5.41) is 5.07. The summed E-state index contributed by atoms with van der Waals surface area (Å²) in [5.74, 6) is 0.0936. The Morgan fingerprint density at radius 2 is 1.50 bits per heavy atom. The molecular weight excluding hydrogens is 502 g/mol. The van der Waals surface area contributed by atoms with Gasteiger partial charge in [0, 0.05) is 26.7 Å². The van der Waals surface area contributed by atoms with E-state index in [2.05, 4.69) is 10.5 Å². The van der Waals surface area contributed by atoms with E-state index in [9.17, 15) is 9.18 Å². The quantitative estimate of drug-likeness (QED) is 0.189. The molecule has 8 heteroatoms. The Balaban J connectivity index is 1.40. The molecule has 0 saturated carbocycles. The van der Waals surface area contributed by atoms with Crippen molar-refractivity contribution in [3.8, 4) is 11.5 Å². The number of hydrazone groups is 1. The van der Waals surface area contributed by atoms with Gasteiger partial charge in [0.1, 0.15) is 30.5 Å². The highest BCUT2D eigenvalue weighted by atomic mass is 35.5. The number of nitrogens with zero attached hydrogens (tertiary/aromatic N) is 1. The molecule has 4 aromatic rings. The van der Waals surface area contributed by atoms with Crippen molar-refractivity contribution in [3.05, 3.63) is 129 Å². The molecular formula is C28H21Cl2FN2O3. The first kappa shape index (κ1) is 25.2. The summed E-state index contributed by atoms with van der Waals surface area (Å²) in [6.07, 6.45) is 1.46. The number of amides is 1. The van der Waals surface area contributed by atoms with Crippen LogP contribution in [0.3, 0.4) is 0 Å². The number of hydrogen-bond donors (Lipinski definition) is 1. The molecule has 4 rings (SSSR count). The second-order valence-electron chi connectivity index (χ2n) is 7.64. The summed E-state index contributed by atoms with van der Waals surface area (Å²) in [6, 6.07) is 25.5. The van der Waals surface area contributed by atoms with Crippen LogP contribution in [0, 0.1) is 5.82 Å². The van der Waals surface area contributed by atoms with Gasteiger partial charge in [0.05, 0.1) is 11.8 Å². The van der Waals surface area contributed by atoms with E-state index in [0.717, 1.165) is 5.56 Å². The van der Waals surface area contributed by atoms with Gasteiger partial charge < -0.3 is 9.47 Å². The van der Waals surface area contributed by atoms with Crippen molar-refractivity contribution < 1.29 is 18.7 Å². The Hall–Kier alpha value is -3.87. The number of halogens is 3. The number of ether oxygens (including phenoxy) is 2. The number of rotatable bonds is 9. The maximum absolute atomic E-state index is 13.9. The third-order valence-corrected chi connectivity index (χ3v) is 5.75. The van der Waals surface area contributed by atoms with Crippen molar-refractivity contribution in [1.29, 1.82) is 0 Å². The number of para-hydroxylation sites is 2. The number of nitrogens with one attached hydrogen (secondary N) is 1. The zero-order chi connectivity index (χ0) is 25.3. The molecule has 182 valence electrons. The van der Waals surface area contributed by atoms with E-state index in [1.54, 1.807) is 78.9 Å². The lowest BCUT2D eigenvalue weighted by Crippen LogP contribution is -2.18. The molecule has 0 aliphatic heterocycles. The van der Waals surface area contributed by atoms with E-state index in [-0.39, 0.29) is 19.0 Å². The van der Waals surface area contributed by atoms with Crippen molar-refractivity contribution in [2.75, 3.05) is 0 Å². The second-order valence-corrected chi connectivity index (χ2v) is 8.48. The Kier molecular flexibility index (Phi) is 8.55. The molecule has 0 bridgehead atoms. The van der Waals surface area contributed by atoms with E-state index in [4.69, 9.17) is 32.7 Å². The highest BCUT2D eigenvalue weighted by molar-refractivity contribution is 6.35. The van der Waals surface area contributed by atoms with Gasteiger partial charge in [-0.1, -0.05) is 71.7 Å². The maximum Gasteiger partial charge on any atom is 0.275 e. The van der Waals surface area contributed by atoms with Gasteiger partial charge in [0.15, 0.2) is 0 Å². The van der Waals surface area contributed by atoms with Crippen LogP contribution in [0.5, 0.6) is 11.5 Å². The molecule has 0 fully saturated rings. The highest BCUT2D eigenvalue weighted by Gasteiger charge is 2.13. The van der Waals surface area contributed by atoms with Gasteiger partial charge in [0.25, 0.3) is 5.91 Å². The summed E-state index contributed by atoms with van der Waals surface area (Å²) in [6.45, 7) is 0.225. The van der Waals surface area contributed by atoms with Gasteiger partial charge in [-0.2, -0.15) is 5.10 Å². The van der Waals surface area contributed by atoms with Crippen LogP contribution in [0.15, 0.2) is 96.1 Å². The van der Waals surface area contributed by atoms with E-state index in [0.29, 0.717) is 38.2 Å². The van der Waals surface area contributed by atoms with Crippen LogP contribution in [0.2, 0.25) is 10.0 Å². The largest absolute Gasteiger partial charge is 0.488 e. The summed E-state index contributed by atoms with van der Waals surface area (Å²) < 4.78 is 25.5. The number of carbonyl (C=O) groups excluding carboxylic acids is 1. The molecule has 0 unspecified atom stereocenters. The monoisotopic (exact) mass is 522 g/mol. The smallest absolute Gasteiger partial charge is 0.275 e. The number of hydrogen-bond acceptors (Lipinski definition) is 4. The average molecular weight is 523 g/mol. The molecule has 4 aromatic carbocycles. The van der Waals surface area contributed by atoms with Crippen molar-refractivity contribution in [2.45, 2.75) is 13.2 Å². The van der Waals surface area contributed by atoms with Gasteiger partial charge in [-0.15, -0.1) is 0 Å². The van der Waals surface area contributed by atoms with Gasteiger partial charge in [-0.3, -0.25) is 4.79 Å². The predicted octanol–water partition coefficient (Wildman–Crippen LogP) is 7.05. The van der Waals surface area contributed by atoms with E-state index in [1.807, 2.05) is 6.07 Å². The molecule has 36 heavy (non-hydrogen) atoms. The SMILES string of the molecule is O=C(N/N=C/c1ccccc1OCc1ccccc1F)c1ccccc1OCc1ccc(Cl)cc1Cl. The van der Waals surface area contributed by atoms with Crippen LogP contribution < -0.4 is 14.9 Å². The average Bonchev–Trinajstić information content (AvgIpc) is 2.88. The lowest BCUT2D eigenvalue weighted by atomic mass is 10.2. The van der Waals surface area contributed by atoms with Gasteiger partial charge in [0.2, 0.25) is 0 Å². The molecule has 0 aliphatic rings. The fourth-order valence-corrected chi connectivity index (χ4v) is 3.75. The van der Waals surface area contributed by atoms with Crippen molar-refractivity contribution >= 4 is 35.3 Å². The van der Waals surface area contributed by atoms with E-state index < -0.39 is 5.91 Å². The first-order chi connectivity index (χ1) is 17.5. The fourth-order valence-electron chi connectivity index (χ4n) is 3.28. The Morgan fingerprint density at radius 1 is 0.833 bits per heavy atom. The van der Waals surface area contributed by atoms with Crippen LogP contribution in [-0.4, -0.2) is 12.1 Å². The standard InChI is InChI=1S/C28H21Cl2FN2O3/c29-22-14-13-20(24(30)15-22)17-36-27-12-6-3-9-23(27)28(34)33-32-16-19-7-2-5-11-26(19)35-18-21-8-1-4-10-25(21)31/h1-16H,17-18H2,(H,33,34)/b32-16+. The highest BCUT2D eigenvalue weighted by Crippen LogP contribution is 2.24. The Morgan fingerprint density at radius 3 is 2.31 bits per heavy atom. The molecule has 0 heterocycles. The molecule has 0 aliphatic carbocycles. The molecule has 1 N–H and O–H groups in total. The van der Waals surface area contributed by atoms with Crippen LogP contribution >= 0.6 is 23.2 Å². The minimum absolute atomic E-state index is 0.0617. The maximum atomic E-state index is 13.9. The second kappa shape index (κ2) is 12.2. The third-order valence-electron chi connectivity index (χ3n) is 5.16. The van der Waals surface area contributed by atoms with Crippen molar-refractivity contribution in [3.63, 3.8) is 0 Å². The van der Waals surface area contributed by atoms with Crippen LogP contribution in [0.4, 0.5) is 4.39 Å². The van der Waals surface area contributed by atoms with Crippen LogP contribution in [0.1, 0.15) is 27.0 Å². The molecule has 0 radical (unpaired) electrons. The first-order valence-corrected chi connectivity index (χ1v) is 11.7. The zero-order valence-electron chi connectivity index (χ0n) is 19.0. The summed E-state index contributed by atoms with van der Waals surface area (Å²) in [7, 11) is 0. The molecule has 5 nitrogen and oxygen atoms in total. The van der Waals surface area contributed by atoms with Crippen molar-refractivity contribution in [1.82, 2.24) is 5.43 Å². The normalized spacial score (nSPS) is 10.9. The summed E-state index contributed by atoms with van der Waals surface area (Å²) in [4.78, 5) is 12.8. The molecule has 0 spiro atoms. The van der Waals surface area contributed by atoms with E-state index >= 15 is 0 Å². The fraction of sp³-hybridized carbons (Fsp3) is 0.0714. The van der Waals surface area contributed by atoms with Gasteiger partial charge >= 0.3 is 0 Å². The molecule has 0 aromatic heterocycles. The molecule has 0 atom stereocenters. The van der Waals surface area contributed by atoms with Crippen molar-refractivity contribution in [2.24, 2.45) is 5.10 Å². The molecule has 1 amide bonds. The zero-order valence-corrected chi connectivity index (χ0v) is 20.5. The number of carbonyl (C=O) groups is 1. The predicted molar refractivity (Wildman–Crippen MR) is 139 cm³/mol. The third kappa shape index (κ3) is 6.62. The lowest BCUT2D eigenvalue weighted by Gasteiger charge is -2.12.